The molecule has 166 valence electrons. The number of aryl methyl sites for hydroxylation is 1. The molecule has 0 radical (unpaired) electrons. The average molecular weight is 428 g/mol. The number of carbonyl (C=O) groups is 2. The predicted octanol–water partition coefficient (Wildman–Crippen LogP) is 1.86. The largest absolute Gasteiger partial charge is 0.493 e. The van der Waals surface area contributed by atoms with Gasteiger partial charge in [0.2, 0.25) is 11.8 Å². The van der Waals surface area contributed by atoms with Gasteiger partial charge in [0, 0.05) is 44.8 Å². The second kappa shape index (κ2) is 10.2. The third-order valence-corrected chi connectivity index (χ3v) is 5.40. The smallest absolute Gasteiger partial charge is 0.255 e. The summed E-state index contributed by atoms with van der Waals surface area (Å²) in [4.78, 5) is 36.2. The number of nitrogens with zero attached hydrogens (tertiary/aromatic N) is 4. The van der Waals surface area contributed by atoms with E-state index in [1.165, 1.54) is 19.6 Å². The van der Waals surface area contributed by atoms with Gasteiger partial charge in [-0.05, 0) is 38.0 Å². The van der Waals surface area contributed by atoms with Crippen molar-refractivity contribution in [1.29, 1.82) is 0 Å². The number of piperazine rings is 1. The Morgan fingerprint density at radius 2 is 1.90 bits per heavy atom. The highest BCUT2D eigenvalue weighted by molar-refractivity contribution is 5.94. The van der Waals surface area contributed by atoms with Crippen LogP contribution in [-0.2, 0) is 11.2 Å². The maximum absolute atomic E-state index is 12.6. The lowest BCUT2D eigenvalue weighted by molar-refractivity contribution is -0.133. The molecule has 0 atom stereocenters. The Morgan fingerprint density at radius 3 is 2.55 bits per heavy atom. The molecular formula is C22H29N5O4. The van der Waals surface area contributed by atoms with Gasteiger partial charge in [0.1, 0.15) is 11.9 Å². The first-order valence-electron chi connectivity index (χ1n) is 10.4. The Balaban J connectivity index is 1.62. The van der Waals surface area contributed by atoms with Crippen molar-refractivity contribution in [3.8, 4) is 17.4 Å². The number of ether oxygens (including phenoxy) is 2. The molecule has 0 aliphatic carbocycles. The Morgan fingerprint density at radius 1 is 1.16 bits per heavy atom. The molecule has 2 N–H and O–H groups in total. The van der Waals surface area contributed by atoms with Gasteiger partial charge in [-0.2, -0.15) is 0 Å². The number of nitrogens with two attached hydrogens (primary N) is 1. The molecule has 1 aliphatic rings. The van der Waals surface area contributed by atoms with Gasteiger partial charge < -0.3 is 20.1 Å². The van der Waals surface area contributed by atoms with Gasteiger partial charge in [-0.1, -0.05) is 6.07 Å². The van der Waals surface area contributed by atoms with E-state index < -0.39 is 5.91 Å². The van der Waals surface area contributed by atoms with Crippen LogP contribution >= 0.6 is 0 Å². The van der Waals surface area contributed by atoms with Crippen molar-refractivity contribution in [3.63, 3.8) is 0 Å². The summed E-state index contributed by atoms with van der Waals surface area (Å²) in [7, 11) is 1.53. The van der Waals surface area contributed by atoms with Crippen LogP contribution in [0.5, 0.6) is 17.4 Å². The first-order chi connectivity index (χ1) is 14.9. The topological polar surface area (TPSA) is 111 Å². The van der Waals surface area contributed by atoms with Gasteiger partial charge in [-0.25, -0.2) is 9.97 Å². The number of primary amides is 1. The number of hydrogen-bond acceptors (Lipinski definition) is 7. The monoisotopic (exact) mass is 427 g/mol. The zero-order chi connectivity index (χ0) is 22.4. The number of aromatic nitrogens is 2. The summed E-state index contributed by atoms with van der Waals surface area (Å²) in [6, 6.07) is 5.93. The first kappa shape index (κ1) is 22.5. The molecule has 0 bridgehead atoms. The fourth-order valence-corrected chi connectivity index (χ4v) is 3.52. The summed E-state index contributed by atoms with van der Waals surface area (Å²) in [5, 5.41) is 0. The Labute approximate surface area is 182 Å². The van der Waals surface area contributed by atoms with Crippen LogP contribution < -0.4 is 15.2 Å². The molecule has 9 heteroatoms. The zero-order valence-corrected chi connectivity index (χ0v) is 18.2. The molecule has 31 heavy (non-hydrogen) atoms. The van der Waals surface area contributed by atoms with Gasteiger partial charge in [-0.15, -0.1) is 0 Å². The van der Waals surface area contributed by atoms with Crippen LogP contribution in [0.25, 0.3) is 0 Å². The molecule has 2 aromatic rings. The highest BCUT2D eigenvalue weighted by atomic mass is 16.5. The van der Waals surface area contributed by atoms with Crippen molar-refractivity contribution in [2.45, 2.75) is 32.7 Å². The number of rotatable bonds is 8. The molecule has 1 fully saturated rings. The van der Waals surface area contributed by atoms with E-state index >= 15 is 0 Å². The maximum Gasteiger partial charge on any atom is 0.255 e. The second-order valence-corrected chi connectivity index (χ2v) is 7.70. The van der Waals surface area contributed by atoms with Crippen molar-refractivity contribution in [2.75, 3.05) is 33.3 Å². The van der Waals surface area contributed by atoms with E-state index in [1.54, 1.807) is 6.07 Å². The number of carbonyl (C=O) groups excluding carboxylic acids is 2. The van der Waals surface area contributed by atoms with E-state index in [1.807, 2.05) is 17.0 Å². The lowest BCUT2D eigenvalue weighted by Crippen LogP contribution is -2.50. The van der Waals surface area contributed by atoms with Crippen LogP contribution in [0.4, 0.5) is 0 Å². The Kier molecular flexibility index (Phi) is 7.41. The van der Waals surface area contributed by atoms with Crippen molar-refractivity contribution in [2.24, 2.45) is 5.73 Å². The van der Waals surface area contributed by atoms with Gasteiger partial charge in [0.25, 0.3) is 5.91 Å². The predicted molar refractivity (Wildman–Crippen MR) is 115 cm³/mol. The van der Waals surface area contributed by atoms with Gasteiger partial charge in [-0.3, -0.25) is 14.5 Å². The van der Waals surface area contributed by atoms with Gasteiger partial charge in [0.15, 0.2) is 11.5 Å². The molecule has 1 saturated heterocycles. The van der Waals surface area contributed by atoms with Crippen LogP contribution in [0.3, 0.4) is 0 Å². The summed E-state index contributed by atoms with van der Waals surface area (Å²) in [5.74, 6) is 0.408. The van der Waals surface area contributed by atoms with E-state index in [9.17, 15) is 9.59 Å². The van der Waals surface area contributed by atoms with Crippen LogP contribution in [0.1, 0.15) is 36.2 Å². The van der Waals surface area contributed by atoms with Crippen molar-refractivity contribution in [1.82, 2.24) is 19.8 Å². The van der Waals surface area contributed by atoms with E-state index in [2.05, 4.69) is 28.7 Å². The highest BCUT2D eigenvalue weighted by Gasteiger charge is 2.22. The van der Waals surface area contributed by atoms with Crippen molar-refractivity contribution >= 4 is 11.8 Å². The van der Waals surface area contributed by atoms with Crippen LogP contribution in [0, 0.1) is 0 Å². The minimum absolute atomic E-state index is 0.0595. The Bertz CT molecular complexity index is 926. The lowest BCUT2D eigenvalue weighted by Gasteiger charge is -2.37. The highest BCUT2D eigenvalue weighted by Crippen LogP contribution is 2.33. The third-order valence-electron chi connectivity index (χ3n) is 5.40. The summed E-state index contributed by atoms with van der Waals surface area (Å²) in [5.41, 5.74) is 6.38. The lowest BCUT2D eigenvalue weighted by atomic mass is 10.1. The van der Waals surface area contributed by atoms with Crippen LogP contribution in [0.15, 0.2) is 30.7 Å². The minimum atomic E-state index is -0.682. The molecule has 0 unspecified atom stereocenters. The number of amides is 2. The number of hydrogen-bond donors (Lipinski definition) is 1. The van der Waals surface area contributed by atoms with E-state index in [0.717, 1.165) is 31.7 Å². The summed E-state index contributed by atoms with van der Waals surface area (Å²) in [6.45, 7) is 7.73. The van der Waals surface area contributed by atoms with Crippen molar-refractivity contribution in [3.05, 3.63) is 41.9 Å². The van der Waals surface area contributed by atoms with E-state index in [0.29, 0.717) is 30.4 Å². The summed E-state index contributed by atoms with van der Waals surface area (Å²) >= 11 is 0. The first-order valence-corrected chi connectivity index (χ1v) is 10.4. The van der Waals surface area contributed by atoms with Crippen LogP contribution in [0.2, 0.25) is 0 Å². The zero-order valence-electron chi connectivity index (χ0n) is 18.2. The summed E-state index contributed by atoms with van der Waals surface area (Å²) in [6.07, 6.45) is 3.61. The normalized spacial score (nSPS) is 14.5. The molecular weight excluding hydrogens is 398 g/mol. The molecule has 2 amide bonds. The van der Waals surface area contributed by atoms with Gasteiger partial charge in [0.05, 0.1) is 7.11 Å². The average Bonchev–Trinajstić information content (AvgIpc) is 2.78. The standard InChI is InChI=1S/C22H29N5O4/c1-15(2)26-8-10-27(11-9-26)20(28)7-5-16-4-6-18(19(12-16)30-3)31-22-17(21(23)29)13-24-14-25-22/h4,6,12-15H,5,7-11H2,1-3H3,(H2,23,29). The van der Waals surface area contributed by atoms with Crippen LogP contribution in [-0.4, -0.2) is 70.9 Å². The summed E-state index contributed by atoms with van der Waals surface area (Å²) < 4.78 is 11.2. The fraction of sp³-hybridized carbons (Fsp3) is 0.455. The van der Waals surface area contributed by atoms with Crippen molar-refractivity contribution < 1.29 is 19.1 Å². The second-order valence-electron chi connectivity index (χ2n) is 7.70. The molecule has 1 aromatic carbocycles. The third kappa shape index (κ3) is 5.69. The molecule has 1 aromatic heterocycles. The molecule has 0 spiro atoms. The Hall–Kier alpha value is -3.20. The molecule has 2 heterocycles. The molecule has 1 aliphatic heterocycles. The molecule has 3 rings (SSSR count). The quantitative estimate of drug-likeness (QED) is 0.684. The number of methoxy groups -OCH3 is 1. The number of benzene rings is 1. The van der Waals surface area contributed by atoms with E-state index in [4.69, 9.17) is 15.2 Å². The molecule has 9 nitrogen and oxygen atoms in total. The van der Waals surface area contributed by atoms with E-state index in [-0.39, 0.29) is 17.4 Å². The van der Waals surface area contributed by atoms with Gasteiger partial charge >= 0.3 is 0 Å². The SMILES string of the molecule is COc1cc(CCC(=O)N2CCN(C(C)C)CC2)ccc1Oc1ncncc1C(N)=O. The molecule has 0 saturated carbocycles. The minimum Gasteiger partial charge on any atom is -0.493 e. The maximum atomic E-state index is 12.6. The fourth-order valence-electron chi connectivity index (χ4n) is 3.52.